The van der Waals surface area contributed by atoms with Crippen molar-refractivity contribution in [1.29, 1.82) is 0 Å². The van der Waals surface area contributed by atoms with Crippen LogP contribution in [0.2, 0.25) is 0 Å². The largest absolute Gasteiger partial charge is 0.400 e. The van der Waals surface area contributed by atoms with Crippen LogP contribution in [0.4, 0.5) is 0 Å². The fourth-order valence-corrected chi connectivity index (χ4v) is 0.316. The molecule has 5 heteroatoms. The Balaban J connectivity index is -0.0000000318. The molecule has 0 rings (SSSR count). The van der Waals surface area contributed by atoms with E-state index in [1.165, 1.54) is 0 Å². The smallest absolute Gasteiger partial charge is 0.0430 e. The summed E-state index contributed by atoms with van der Waals surface area (Å²) in [4.78, 5) is 0. The zero-order chi connectivity index (χ0) is 12.2. The van der Waals surface area contributed by atoms with E-state index in [-0.39, 0.29) is 25.8 Å². The van der Waals surface area contributed by atoms with Crippen LogP contribution in [-0.2, 0) is 25.8 Å². The standard InChI is InChI=1S/2C4H10O.2CH4O.Hf/c2*1-2-3-4-5;2*1-2;/h2*5H,2-4H2,1H3;2*2H,1H3;. The third-order valence-electron chi connectivity index (χ3n) is 1.02. The van der Waals surface area contributed by atoms with Crippen LogP contribution in [0, 0.1) is 0 Å². The number of aliphatic hydroxyl groups is 4. The Labute approximate surface area is 113 Å². The van der Waals surface area contributed by atoms with E-state index in [1.54, 1.807) is 0 Å². The molecule has 0 aromatic carbocycles. The molecular weight excluding hydrogens is 363 g/mol. The van der Waals surface area contributed by atoms with Gasteiger partial charge in [0, 0.05) is 53.3 Å². The summed E-state index contributed by atoms with van der Waals surface area (Å²) in [6.07, 6.45) is 4.08. The summed E-state index contributed by atoms with van der Waals surface area (Å²) in [5.74, 6) is 0. The van der Waals surface area contributed by atoms with Gasteiger partial charge in [-0.15, -0.1) is 0 Å². The zero-order valence-corrected chi connectivity index (χ0v) is 14.1. The molecule has 0 aliphatic carbocycles. The van der Waals surface area contributed by atoms with Crippen LogP contribution >= 0.6 is 0 Å². The second kappa shape index (κ2) is 61.4. The second-order valence-corrected chi connectivity index (χ2v) is 2.15. The van der Waals surface area contributed by atoms with Crippen molar-refractivity contribution in [2.75, 3.05) is 27.4 Å². The molecule has 0 atom stereocenters. The van der Waals surface area contributed by atoms with E-state index in [1.807, 2.05) is 0 Å². The quantitative estimate of drug-likeness (QED) is 0.535. The number of hydrogen-bond acceptors (Lipinski definition) is 4. The van der Waals surface area contributed by atoms with Crippen LogP contribution in [-0.4, -0.2) is 47.9 Å². The molecule has 0 spiro atoms. The molecule has 0 radical (unpaired) electrons. The molecule has 0 amide bonds. The molecule has 0 bridgehead atoms. The molecule has 0 aliphatic rings. The Morgan fingerprint density at radius 1 is 0.667 bits per heavy atom. The molecule has 0 aromatic heterocycles. The Kier molecular flexibility index (Phi) is 121. The first-order chi connectivity index (χ1) is 6.83. The third kappa shape index (κ3) is 107. The van der Waals surface area contributed by atoms with Gasteiger partial charge in [-0.05, 0) is 12.8 Å². The predicted octanol–water partition coefficient (Wildman–Crippen LogP) is 0.772. The number of aliphatic hydroxyl groups excluding tert-OH is 4. The summed E-state index contributed by atoms with van der Waals surface area (Å²) in [5, 5.41) is 30.1. The van der Waals surface area contributed by atoms with Gasteiger partial charge < -0.3 is 20.4 Å². The van der Waals surface area contributed by atoms with Crippen molar-refractivity contribution in [2.24, 2.45) is 0 Å². The Morgan fingerprint density at radius 2 is 0.867 bits per heavy atom. The van der Waals surface area contributed by atoms with E-state index in [4.69, 9.17) is 20.4 Å². The van der Waals surface area contributed by atoms with Crippen molar-refractivity contribution < 1.29 is 46.3 Å². The summed E-state index contributed by atoms with van der Waals surface area (Å²) < 4.78 is 0. The molecule has 0 aromatic rings. The van der Waals surface area contributed by atoms with Gasteiger partial charge in [0.05, 0.1) is 0 Å². The Bertz CT molecular complexity index is 38.4. The normalized spacial score (nSPS) is 6.40. The van der Waals surface area contributed by atoms with E-state index in [0.29, 0.717) is 13.2 Å². The predicted molar refractivity (Wildman–Crippen MR) is 60.3 cm³/mol. The molecule has 0 heterocycles. The third-order valence-corrected chi connectivity index (χ3v) is 1.02. The SMILES string of the molecule is CCCCO.CCCCO.CO.CO.[Hf]. The van der Waals surface area contributed by atoms with Crippen molar-refractivity contribution >= 4 is 0 Å². The van der Waals surface area contributed by atoms with Crippen LogP contribution in [0.25, 0.3) is 0 Å². The fourth-order valence-electron chi connectivity index (χ4n) is 0.316. The monoisotopic (exact) mass is 392 g/mol. The van der Waals surface area contributed by atoms with E-state index < -0.39 is 0 Å². The number of unbranched alkanes of at least 4 members (excludes halogenated alkanes) is 2. The maximum atomic E-state index is 8.07. The summed E-state index contributed by atoms with van der Waals surface area (Å²) in [6.45, 7) is 4.79. The molecular formula is C10H28HfO4. The molecule has 0 aliphatic heterocycles. The van der Waals surface area contributed by atoms with Gasteiger partial charge in [-0.25, -0.2) is 0 Å². The van der Waals surface area contributed by atoms with Crippen molar-refractivity contribution in [3.8, 4) is 0 Å². The summed E-state index contributed by atoms with van der Waals surface area (Å²) in [7, 11) is 2.00. The number of rotatable bonds is 4. The second-order valence-electron chi connectivity index (χ2n) is 2.15. The molecule has 0 saturated carbocycles. The van der Waals surface area contributed by atoms with Crippen molar-refractivity contribution in [2.45, 2.75) is 39.5 Å². The van der Waals surface area contributed by atoms with Gasteiger partial charge in [-0.3, -0.25) is 0 Å². The molecule has 15 heavy (non-hydrogen) atoms. The van der Waals surface area contributed by atoms with Gasteiger partial charge in [-0.2, -0.15) is 0 Å². The topological polar surface area (TPSA) is 80.9 Å². The maximum Gasteiger partial charge on any atom is 0.0430 e. The van der Waals surface area contributed by atoms with Crippen molar-refractivity contribution in [1.82, 2.24) is 0 Å². The summed E-state index contributed by atoms with van der Waals surface area (Å²) in [5.41, 5.74) is 0. The minimum absolute atomic E-state index is 0. The first kappa shape index (κ1) is 29.6. The van der Waals surface area contributed by atoms with Gasteiger partial charge in [0.15, 0.2) is 0 Å². The van der Waals surface area contributed by atoms with Crippen molar-refractivity contribution in [3.63, 3.8) is 0 Å². The van der Waals surface area contributed by atoms with Crippen LogP contribution in [0.15, 0.2) is 0 Å². The number of hydrogen-bond donors (Lipinski definition) is 4. The minimum Gasteiger partial charge on any atom is -0.400 e. The molecule has 0 fully saturated rings. The zero-order valence-electron chi connectivity index (χ0n) is 10.5. The maximum absolute atomic E-state index is 8.07. The molecule has 4 N–H and O–H groups in total. The van der Waals surface area contributed by atoms with E-state index in [9.17, 15) is 0 Å². The fraction of sp³-hybridized carbons (Fsp3) is 1.00. The van der Waals surface area contributed by atoms with E-state index in [0.717, 1.165) is 39.9 Å². The summed E-state index contributed by atoms with van der Waals surface area (Å²) >= 11 is 0. The summed E-state index contributed by atoms with van der Waals surface area (Å²) in [6, 6.07) is 0. The average molecular weight is 391 g/mol. The molecule has 4 nitrogen and oxygen atoms in total. The van der Waals surface area contributed by atoms with Gasteiger partial charge in [0.1, 0.15) is 0 Å². The van der Waals surface area contributed by atoms with Gasteiger partial charge in [0.25, 0.3) is 0 Å². The first-order valence-corrected chi connectivity index (χ1v) is 4.94. The van der Waals surface area contributed by atoms with Gasteiger partial charge >= 0.3 is 0 Å². The van der Waals surface area contributed by atoms with Crippen LogP contribution in [0.3, 0.4) is 0 Å². The Hall–Kier alpha value is 0.710. The molecule has 0 unspecified atom stereocenters. The van der Waals surface area contributed by atoms with E-state index in [2.05, 4.69) is 13.8 Å². The van der Waals surface area contributed by atoms with Crippen LogP contribution < -0.4 is 0 Å². The minimum atomic E-state index is 0. The first-order valence-electron chi connectivity index (χ1n) is 4.94. The van der Waals surface area contributed by atoms with Crippen LogP contribution in [0.5, 0.6) is 0 Å². The van der Waals surface area contributed by atoms with E-state index >= 15 is 0 Å². The Morgan fingerprint density at radius 3 is 0.867 bits per heavy atom. The molecule has 96 valence electrons. The van der Waals surface area contributed by atoms with Crippen LogP contribution in [0.1, 0.15) is 39.5 Å². The van der Waals surface area contributed by atoms with Gasteiger partial charge in [-0.1, -0.05) is 26.7 Å². The average Bonchev–Trinajstić information content (AvgIpc) is 2.27. The van der Waals surface area contributed by atoms with Gasteiger partial charge in [0.2, 0.25) is 0 Å². The molecule has 0 saturated heterocycles. The van der Waals surface area contributed by atoms with Crippen molar-refractivity contribution in [3.05, 3.63) is 0 Å².